The first-order chi connectivity index (χ1) is 8.68. The first kappa shape index (κ1) is 15.3. The van der Waals surface area contributed by atoms with Crippen LogP contribution in [0.2, 0.25) is 5.02 Å². The number of rotatable bonds is 9. The van der Waals surface area contributed by atoms with Gasteiger partial charge in [0.05, 0.1) is 5.75 Å². The Morgan fingerprint density at radius 1 is 1.39 bits per heavy atom. The van der Waals surface area contributed by atoms with Crippen molar-refractivity contribution in [1.82, 2.24) is 5.32 Å². The zero-order valence-electron chi connectivity index (χ0n) is 10.2. The second-order valence-corrected chi connectivity index (χ2v) is 5.47. The third-order valence-corrected chi connectivity index (χ3v) is 3.54. The summed E-state index contributed by atoms with van der Waals surface area (Å²) in [6.07, 6.45) is 2.07. The van der Waals surface area contributed by atoms with Gasteiger partial charge >= 0.3 is 5.97 Å². The Balaban J connectivity index is 1.97. The Kier molecular flexibility index (Phi) is 7.89. The van der Waals surface area contributed by atoms with Crippen LogP contribution in [-0.4, -0.2) is 35.7 Å². The van der Waals surface area contributed by atoms with E-state index in [9.17, 15) is 4.79 Å². The maximum Gasteiger partial charge on any atom is 0.313 e. The van der Waals surface area contributed by atoms with E-state index in [1.54, 1.807) is 0 Å². The lowest BCUT2D eigenvalue weighted by Crippen LogP contribution is -2.19. The SMILES string of the molecule is O=C(O)CSCCNCCCc1cccc(Cl)c1. The van der Waals surface area contributed by atoms with E-state index in [0.717, 1.165) is 36.7 Å². The van der Waals surface area contributed by atoms with Gasteiger partial charge < -0.3 is 10.4 Å². The quantitative estimate of drug-likeness (QED) is 0.686. The highest BCUT2D eigenvalue weighted by atomic mass is 35.5. The minimum absolute atomic E-state index is 0.185. The molecule has 0 aliphatic rings. The van der Waals surface area contributed by atoms with Crippen LogP contribution in [0, 0.1) is 0 Å². The van der Waals surface area contributed by atoms with Crippen LogP contribution >= 0.6 is 23.4 Å². The van der Waals surface area contributed by atoms with Crippen molar-refractivity contribution >= 4 is 29.3 Å². The highest BCUT2D eigenvalue weighted by Crippen LogP contribution is 2.11. The van der Waals surface area contributed by atoms with E-state index in [0.29, 0.717) is 0 Å². The van der Waals surface area contributed by atoms with Gasteiger partial charge in [-0.05, 0) is 37.1 Å². The first-order valence-electron chi connectivity index (χ1n) is 5.93. The topological polar surface area (TPSA) is 49.3 Å². The summed E-state index contributed by atoms with van der Waals surface area (Å²) >= 11 is 7.34. The van der Waals surface area contributed by atoms with E-state index < -0.39 is 5.97 Å². The summed E-state index contributed by atoms with van der Waals surface area (Å²) in [5.74, 6) is 0.272. The molecule has 2 N–H and O–H groups in total. The monoisotopic (exact) mass is 287 g/mol. The number of aryl methyl sites for hydroxylation is 1. The zero-order chi connectivity index (χ0) is 13.2. The van der Waals surface area contributed by atoms with Crippen LogP contribution in [0.15, 0.2) is 24.3 Å². The lowest BCUT2D eigenvalue weighted by Gasteiger charge is -2.04. The van der Waals surface area contributed by atoms with Gasteiger partial charge in [-0.15, -0.1) is 11.8 Å². The molecule has 0 saturated carbocycles. The van der Waals surface area contributed by atoms with Crippen molar-refractivity contribution in [2.75, 3.05) is 24.6 Å². The molecule has 0 amide bonds. The largest absolute Gasteiger partial charge is 0.481 e. The van der Waals surface area contributed by atoms with Crippen molar-refractivity contribution in [3.05, 3.63) is 34.9 Å². The van der Waals surface area contributed by atoms with Gasteiger partial charge in [0.2, 0.25) is 0 Å². The Bertz CT molecular complexity index is 374. The molecule has 3 nitrogen and oxygen atoms in total. The highest BCUT2D eigenvalue weighted by molar-refractivity contribution is 7.99. The van der Waals surface area contributed by atoms with Crippen molar-refractivity contribution in [3.63, 3.8) is 0 Å². The van der Waals surface area contributed by atoms with Gasteiger partial charge in [-0.2, -0.15) is 0 Å². The average molecular weight is 288 g/mol. The maximum atomic E-state index is 10.3. The van der Waals surface area contributed by atoms with Crippen LogP contribution in [0.3, 0.4) is 0 Å². The number of hydrogen-bond donors (Lipinski definition) is 2. The highest BCUT2D eigenvalue weighted by Gasteiger charge is 1.97. The Hall–Kier alpha value is -0.710. The van der Waals surface area contributed by atoms with Crippen molar-refractivity contribution in [2.45, 2.75) is 12.8 Å². The molecule has 0 unspecified atom stereocenters. The fourth-order valence-electron chi connectivity index (χ4n) is 1.54. The number of carboxylic acids is 1. The van der Waals surface area contributed by atoms with Crippen molar-refractivity contribution < 1.29 is 9.90 Å². The second kappa shape index (κ2) is 9.25. The van der Waals surface area contributed by atoms with E-state index in [1.807, 2.05) is 18.2 Å². The molecule has 0 bridgehead atoms. The van der Waals surface area contributed by atoms with E-state index in [1.165, 1.54) is 17.3 Å². The predicted molar refractivity (Wildman–Crippen MR) is 77.6 cm³/mol. The lowest BCUT2D eigenvalue weighted by molar-refractivity contribution is -0.133. The third kappa shape index (κ3) is 7.58. The normalized spacial score (nSPS) is 10.5. The van der Waals surface area contributed by atoms with Crippen molar-refractivity contribution in [3.8, 4) is 0 Å². The van der Waals surface area contributed by atoms with Gasteiger partial charge in [0, 0.05) is 17.3 Å². The van der Waals surface area contributed by atoms with Crippen molar-refractivity contribution in [1.29, 1.82) is 0 Å². The predicted octanol–water partition coefficient (Wildman–Crippen LogP) is 2.68. The van der Waals surface area contributed by atoms with Gasteiger partial charge in [-0.25, -0.2) is 0 Å². The maximum absolute atomic E-state index is 10.3. The fraction of sp³-hybridized carbons (Fsp3) is 0.462. The molecule has 0 aromatic heterocycles. The molecule has 1 aromatic carbocycles. The number of benzene rings is 1. The number of carboxylic acid groups (broad SMARTS) is 1. The molecular weight excluding hydrogens is 270 g/mol. The van der Waals surface area contributed by atoms with Gasteiger partial charge in [-0.1, -0.05) is 23.7 Å². The number of nitrogens with one attached hydrogen (secondary N) is 1. The molecule has 0 spiro atoms. The van der Waals surface area contributed by atoms with Crippen LogP contribution in [-0.2, 0) is 11.2 Å². The minimum atomic E-state index is -0.749. The Morgan fingerprint density at radius 3 is 2.94 bits per heavy atom. The van der Waals surface area contributed by atoms with Gasteiger partial charge in [0.1, 0.15) is 0 Å². The number of thioether (sulfide) groups is 1. The van der Waals surface area contributed by atoms with Crippen molar-refractivity contribution in [2.24, 2.45) is 0 Å². The molecule has 5 heteroatoms. The van der Waals surface area contributed by atoms with E-state index in [2.05, 4.69) is 11.4 Å². The van der Waals surface area contributed by atoms with Crippen LogP contribution in [0.1, 0.15) is 12.0 Å². The molecule has 0 fully saturated rings. The van der Waals surface area contributed by atoms with E-state index in [4.69, 9.17) is 16.7 Å². The summed E-state index contributed by atoms with van der Waals surface area (Å²) in [5, 5.41) is 12.5. The summed E-state index contributed by atoms with van der Waals surface area (Å²) in [5.41, 5.74) is 1.25. The number of carbonyl (C=O) groups is 1. The minimum Gasteiger partial charge on any atom is -0.481 e. The van der Waals surface area contributed by atoms with Crippen LogP contribution < -0.4 is 5.32 Å². The number of aliphatic carboxylic acids is 1. The fourth-order valence-corrected chi connectivity index (χ4v) is 2.36. The summed E-state index contributed by atoms with van der Waals surface area (Å²) in [6.45, 7) is 1.80. The molecule has 0 heterocycles. The Labute approximate surface area is 117 Å². The molecule has 1 aromatic rings. The number of halogens is 1. The molecule has 0 radical (unpaired) electrons. The molecule has 0 aliphatic carbocycles. The van der Waals surface area contributed by atoms with Crippen LogP contribution in [0.25, 0.3) is 0 Å². The van der Waals surface area contributed by atoms with E-state index in [-0.39, 0.29) is 5.75 Å². The van der Waals surface area contributed by atoms with Crippen LogP contribution in [0.4, 0.5) is 0 Å². The summed E-state index contributed by atoms with van der Waals surface area (Å²) in [6, 6.07) is 7.91. The summed E-state index contributed by atoms with van der Waals surface area (Å²) in [7, 11) is 0. The smallest absolute Gasteiger partial charge is 0.313 e. The first-order valence-corrected chi connectivity index (χ1v) is 7.46. The standard InChI is InChI=1S/C13H18ClNO2S/c14-12-5-1-3-11(9-12)4-2-6-15-7-8-18-10-13(16)17/h1,3,5,9,15H,2,4,6-8,10H2,(H,16,17). The molecule has 1 rings (SSSR count). The van der Waals surface area contributed by atoms with E-state index >= 15 is 0 Å². The third-order valence-electron chi connectivity index (χ3n) is 2.36. The molecule has 18 heavy (non-hydrogen) atoms. The number of hydrogen-bond acceptors (Lipinski definition) is 3. The molecular formula is C13H18ClNO2S. The molecule has 0 saturated heterocycles. The van der Waals surface area contributed by atoms with Gasteiger partial charge in [0.15, 0.2) is 0 Å². The van der Waals surface area contributed by atoms with Crippen LogP contribution in [0.5, 0.6) is 0 Å². The average Bonchev–Trinajstić information content (AvgIpc) is 2.32. The Morgan fingerprint density at radius 2 is 2.22 bits per heavy atom. The summed E-state index contributed by atoms with van der Waals surface area (Å²) < 4.78 is 0. The molecule has 0 atom stereocenters. The second-order valence-electron chi connectivity index (χ2n) is 3.93. The zero-order valence-corrected chi connectivity index (χ0v) is 11.8. The van der Waals surface area contributed by atoms with Gasteiger partial charge in [0.25, 0.3) is 0 Å². The van der Waals surface area contributed by atoms with Gasteiger partial charge in [-0.3, -0.25) is 4.79 Å². The lowest BCUT2D eigenvalue weighted by atomic mass is 10.1. The molecule has 100 valence electrons. The molecule has 0 aliphatic heterocycles. The summed E-state index contributed by atoms with van der Waals surface area (Å²) in [4.78, 5) is 10.3.